The highest BCUT2D eigenvalue weighted by atomic mass is 28.4. The Morgan fingerprint density at radius 2 is 1.40 bits per heavy atom. The maximum Gasteiger partial charge on any atom is 0.410 e. The van der Waals surface area contributed by atoms with Gasteiger partial charge >= 0.3 is 6.09 Å². The first-order valence-corrected chi connectivity index (χ1v) is 16.3. The SMILES string of the molecule is COC(O[C@@H](NC(=O)OCc1ccccc1)[C@H](CCCO)O[Si](c1ccccc1)(c1ccccc1)C(C)(C)C)=C(C)C. The molecule has 2 atom stereocenters. The lowest BCUT2D eigenvalue weighted by Gasteiger charge is -2.46. The molecule has 0 fully saturated rings. The number of alkyl carbamates (subject to hydrolysis) is 1. The second-order valence-electron chi connectivity index (χ2n) is 11.4. The highest BCUT2D eigenvalue weighted by Gasteiger charge is 2.52. The highest BCUT2D eigenvalue weighted by molar-refractivity contribution is 6.99. The first kappa shape index (κ1) is 32.9. The van der Waals surface area contributed by atoms with Crippen LogP contribution >= 0.6 is 0 Å². The molecule has 42 heavy (non-hydrogen) atoms. The molecule has 7 nitrogen and oxygen atoms in total. The van der Waals surface area contributed by atoms with E-state index in [2.05, 4.69) is 50.4 Å². The summed E-state index contributed by atoms with van der Waals surface area (Å²) in [4.78, 5) is 13.2. The molecule has 0 aliphatic carbocycles. The minimum Gasteiger partial charge on any atom is -0.469 e. The van der Waals surface area contributed by atoms with Crippen LogP contribution in [0, 0.1) is 0 Å². The van der Waals surface area contributed by atoms with Crippen molar-refractivity contribution in [2.75, 3.05) is 13.7 Å². The molecule has 0 unspecified atom stereocenters. The molecule has 3 rings (SSSR count). The van der Waals surface area contributed by atoms with Crippen molar-refractivity contribution in [2.45, 2.75) is 71.4 Å². The Labute approximate surface area is 251 Å². The number of amides is 1. The second kappa shape index (κ2) is 15.6. The van der Waals surface area contributed by atoms with Crippen LogP contribution in [0.15, 0.2) is 103 Å². The number of carbonyl (C=O) groups excluding carboxylic acids is 1. The normalized spacial score (nSPS) is 13.0. The summed E-state index contributed by atoms with van der Waals surface area (Å²) in [7, 11) is -1.52. The maximum atomic E-state index is 13.2. The van der Waals surface area contributed by atoms with Gasteiger partial charge in [-0.15, -0.1) is 0 Å². The molecule has 0 radical (unpaired) electrons. The van der Waals surface area contributed by atoms with Crippen LogP contribution in [0.1, 0.15) is 53.0 Å². The van der Waals surface area contributed by atoms with E-state index < -0.39 is 26.7 Å². The van der Waals surface area contributed by atoms with Gasteiger partial charge in [0.2, 0.25) is 6.23 Å². The number of rotatable bonds is 14. The van der Waals surface area contributed by atoms with Gasteiger partial charge in [0.05, 0.1) is 7.11 Å². The third-order valence-electron chi connectivity index (χ3n) is 7.03. The number of methoxy groups -OCH3 is 1. The minimum atomic E-state index is -3.05. The molecular formula is C34H45NO6Si. The lowest BCUT2D eigenvalue weighted by atomic mass is 10.2. The van der Waals surface area contributed by atoms with Gasteiger partial charge in [-0.2, -0.15) is 0 Å². The fourth-order valence-corrected chi connectivity index (χ4v) is 9.76. The van der Waals surface area contributed by atoms with E-state index in [1.54, 1.807) is 0 Å². The minimum absolute atomic E-state index is 0.0362. The Bertz CT molecular complexity index is 1220. The second-order valence-corrected chi connectivity index (χ2v) is 15.7. The molecule has 8 heteroatoms. The topological polar surface area (TPSA) is 86.3 Å². The summed E-state index contributed by atoms with van der Waals surface area (Å²) in [6, 6.07) is 30.0. The number of hydrogen-bond acceptors (Lipinski definition) is 6. The van der Waals surface area contributed by atoms with Crippen molar-refractivity contribution in [3.8, 4) is 0 Å². The van der Waals surface area contributed by atoms with Crippen LogP contribution in [0.2, 0.25) is 5.04 Å². The molecule has 3 aromatic rings. The van der Waals surface area contributed by atoms with Crippen molar-refractivity contribution in [2.24, 2.45) is 0 Å². The Morgan fingerprint density at radius 3 is 1.86 bits per heavy atom. The molecule has 3 aromatic carbocycles. The van der Waals surface area contributed by atoms with E-state index in [0.717, 1.165) is 21.5 Å². The van der Waals surface area contributed by atoms with Crippen LogP contribution in [0.4, 0.5) is 4.79 Å². The van der Waals surface area contributed by atoms with Crippen LogP contribution in [0.25, 0.3) is 0 Å². The van der Waals surface area contributed by atoms with Crippen molar-refractivity contribution in [3.63, 3.8) is 0 Å². The van der Waals surface area contributed by atoms with E-state index in [0.29, 0.717) is 12.8 Å². The molecule has 0 aliphatic heterocycles. The summed E-state index contributed by atoms with van der Waals surface area (Å²) in [5, 5.41) is 14.7. The third-order valence-corrected chi connectivity index (χ3v) is 12.1. The largest absolute Gasteiger partial charge is 0.469 e. The lowest BCUT2D eigenvalue weighted by Crippen LogP contribution is -2.69. The number of carbonyl (C=O) groups is 1. The van der Waals surface area contributed by atoms with E-state index in [9.17, 15) is 9.90 Å². The summed E-state index contributed by atoms with van der Waals surface area (Å²) in [5.41, 5.74) is 1.67. The average Bonchev–Trinajstić information content (AvgIpc) is 2.99. The van der Waals surface area contributed by atoms with Gasteiger partial charge in [0.25, 0.3) is 14.3 Å². The summed E-state index contributed by atoms with van der Waals surface area (Å²) in [6.45, 7) is 10.4. The van der Waals surface area contributed by atoms with E-state index in [1.807, 2.05) is 80.6 Å². The third kappa shape index (κ3) is 8.47. The molecule has 0 aliphatic rings. The standard InChI is InChI=1S/C34H45NO6Si/c1-26(2)32(38-6)40-31(35-33(37)39-25-27-17-10-7-11-18-27)30(23-16-24-36)41-42(34(3,4)5,28-19-12-8-13-20-28)29-21-14-9-15-22-29/h7-15,17-22,30-31,36H,16,23-25H2,1-6H3,(H,35,37)/t30-,31+/m0/s1. The van der Waals surface area contributed by atoms with Crippen LogP contribution in [-0.2, 0) is 25.2 Å². The van der Waals surface area contributed by atoms with Gasteiger partial charge in [0, 0.05) is 12.2 Å². The Morgan fingerprint density at radius 1 is 0.881 bits per heavy atom. The zero-order valence-corrected chi connectivity index (χ0v) is 26.6. The molecule has 0 saturated carbocycles. The highest BCUT2D eigenvalue weighted by Crippen LogP contribution is 2.38. The molecule has 0 saturated heterocycles. The van der Waals surface area contributed by atoms with Gasteiger partial charge in [0.15, 0.2) is 0 Å². The van der Waals surface area contributed by atoms with Crippen molar-refractivity contribution in [3.05, 3.63) is 108 Å². The van der Waals surface area contributed by atoms with Crippen LogP contribution in [0.5, 0.6) is 0 Å². The van der Waals surface area contributed by atoms with E-state index in [-0.39, 0.29) is 24.2 Å². The Hall–Kier alpha value is -3.59. The molecule has 226 valence electrons. The van der Waals surface area contributed by atoms with Gasteiger partial charge in [-0.05, 0) is 47.7 Å². The monoisotopic (exact) mass is 591 g/mol. The molecule has 0 spiro atoms. The number of benzene rings is 3. The zero-order chi connectivity index (χ0) is 30.6. The zero-order valence-electron chi connectivity index (χ0n) is 25.6. The van der Waals surface area contributed by atoms with Crippen molar-refractivity contribution < 1.29 is 28.5 Å². The smallest absolute Gasteiger partial charge is 0.410 e. The summed E-state index contributed by atoms with van der Waals surface area (Å²) in [6.07, 6.45) is -1.40. The summed E-state index contributed by atoms with van der Waals surface area (Å²) in [5.74, 6) is 0.281. The van der Waals surface area contributed by atoms with Gasteiger partial charge in [-0.1, -0.05) is 112 Å². The first-order valence-electron chi connectivity index (χ1n) is 14.4. The molecule has 0 bridgehead atoms. The summed E-state index contributed by atoms with van der Waals surface area (Å²) < 4.78 is 24.8. The predicted octanol–water partition coefficient (Wildman–Crippen LogP) is 5.87. The number of allylic oxidation sites excluding steroid dienone is 1. The first-order chi connectivity index (χ1) is 20.1. The van der Waals surface area contributed by atoms with Crippen LogP contribution < -0.4 is 15.7 Å². The summed E-state index contributed by atoms with van der Waals surface area (Å²) >= 11 is 0. The van der Waals surface area contributed by atoms with Gasteiger partial charge in [0.1, 0.15) is 12.7 Å². The quantitative estimate of drug-likeness (QED) is 0.139. The molecular weight excluding hydrogens is 546 g/mol. The lowest BCUT2D eigenvalue weighted by molar-refractivity contribution is -0.0662. The van der Waals surface area contributed by atoms with Crippen LogP contribution in [-0.4, -0.2) is 45.6 Å². The molecule has 1 amide bonds. The predicted molar refractivity (Wildman–Crippen MR) is 169 cm³/mol. The van der Waals surface area contributed by atoms with Gasteiger partial charge in [-0.25, -0.2) is 4.79 Å². The molecule has 0 heterocycles. The van der Waals surface area contributed by atoms with Gasteiger partial charge in [-0.3, -0.25) is 5.32 Å². The Balaban J connectivity index is 2.09. The van der Waals surface area contributed by atoms with Crippen LogP contribution in [0.3, 0.4) is 0 Å². The van der Waals surface area contributed by atoms with Crippen molar-refractivity contribution in [1.29, 1.82) is 0 Å². The molecule has 0 aromatic heterocycles. The number of aliphatic hydroxyl groups excluding tert-OH is 1. The van der Waals surface area contributed by atoms with E-state index in [1.165, 1.54) is 7.11 Å². The molecule has 2 N–H and O–H groups in total. The number of aliphatic hydroxyl groups is 1. The fraction of sp³-hybridized carbons (Fsp3) is 0.382. The Kier molecular flexibility index (Phi) is 12.2. The van der Waals surface area contributed by atoms with E-state index in [4.69, 9.17) is 18.6 Å². The van der Waals surface area contributed by atoms with Crippen molar-refractivity contribution in [1.82, 2.24) is 5.32 Å². The van der Waals surface area contributed by atoms with Gasteiger partial charge < -0.3 is 23.7 Å². The van der Waals surface area contributed by atoms with E-state index >= 15 is 0 Å². The number of hydrogen-bond donors (Lipinski definition) is 2. The number of ether oxygens (including phenoxy) is 3. The maximum absolute atomic E-state index is 13.2. The number of nitrogens with one attached hydrogen (secondary N) is 1. The fourth-order valence-electron chi connectivity index (χ4n) is 5.05. The van der Waals surface area contributed by atoms with Crippen molar-refractivity contribution >= 4 is 24.8 Å². The average molecular weight is 592 g/mol.